The van der Waals surface area contributed by atoms with Gasteiger partial charge in [0.2, 0.25) is 0 Å². The number of carbonyl (C=O) groups is 1. The first-order valence-electron chi connectivity index (χ1n) is 5.24. The average Bonchev–Trinajstić information content (AvgIpc) is 2.30. The highest BCUT2D eigenvalue weighted by Crippen LogP contribution is 2.09. The molecule has 0 atom stereocenters. The summed E-state index contributed by atoms with van der Waals surface area (Å²) in [6.45, 7) is 9.15. The number of hydrogen-bond donors (Lipinski definition) is 0. The molecule has 2 nitrogen and oxygen atoms in total. The van der Waals surface area contributed by atoms with Crippen LogP contribution in [-0.2, 0) is 0 Å². The highest BCUT2D eigenvalue weighted by Gasteiger charge is 2.11. The van der Waals surface area contributed by atoms with E-state index in [1.807, 2.05) is 43.0 Å². The molecule has 1 rings (SSSR count). The topological polar surface area (TPSA) is 20.3 Å². The maximum Gasteiger partial charge on any atom is 0.253 e. The van der Waals surface area contributed by atoms with E-state index in [0.717, 1.165) is 24.2 Å². The fourth-order valence-electron chi connectivity index (χ4n) is 1.49. The molecule has 0 fully saturated rings. The molecule has 0 radical (unpaired) electrons. The number of carbonyl (C=O) groups excluding carboxylic acids is 1. The van der Waals surface area contributed by atoms with Gasteiger partial charge in [-0.3, -0.25) is 4.79 Å². The largest absolute Gasteiger partial charge is 0.339 e. The predicted molar refractivity (Wildman–Crippen MR) is 63.8 cm³/mol. The first kappa shape index (κ1) is 11.5. The molecule has 0 spiro atoms. The Morgan fingerprint density at radius 1 is 1.40 bits per heavy atom. The van der Waals surface area contributed by atoms with Gasteiger partial charge in [-0.2, -0.15) is 0 Å². The second kappa shape index (κ2) is 5.35. The van der Waals surface area contributed by atoms with Gasteiger partial charge in [0.25, 0.3) is 5.91 Å². The summed E-state index contributed by atoms with van der Waals surface area (Å²) in [7, 11) is 0. The highest BCUT2D eigenvalue weighted by molar-refractivity contribution is 5.94. The Labute approximate surface area is 91.2 Å². The van der Waals surface area contributed by atoms with Crippen molar-refractivity contribution in [1.82, 2.24) is 4.90 Å². The first-order chi connectivity index (χ1) is 7.22. The zero-order valence-corrected chi connectivity index (χ0v) is 9.36. The lowest BCUT2D eigenvalue weighted by atomic mass is 10.1. The number of benzene rings is 1. The van der Waals surface area contributed by atoms with Gasteiger partial charge in [0.1, 0.15) is 0 Å². The van der Waals surface area contributed by atoms with E-state index < -0.39 is 0 Å². The third kappa shape index (κ3) is 2.69. The van der Waals surface area contributed by atoms with Gasteiger partial charge < -0.3 is 4.90 Å². The van der Waals surface area contributed by atoms with Crippen LogP contribution in [-0.4, -0.2) is 23.9 Å². The zero-order chi connectivity index (χ0) is 11.3. The minimum atomic E-state index is 0.0868. The Morgan fingerprint density at radius 3 is 2.60 bits per heavy atom. The molecule has 1 amide bonds. The number of amides is 1. The molecule has 1 aromatic carbocycles. The summed E-state index contributed by atoms with van der Waals surface area (Å²) in [4.78, 5) is 13.8. The van der Waals surface area contributed by atoms with Crippen LogP contribution in [0.4, 0.5) is 0 Å². The van der Waals surface area contributed by atoms with E-state index in [1.54, 1.807) is 6.08 Å². The molecular weight excluding hydrogens is 186 g/mol. The molecule has 2 heteroatoms. The van der Waals surface area contributed by atoms with Gasteiger partial charge in [0.05, 0.1) is 0 Å². The van der Waals surface area contributed by atoms with Crippen molar-refractivity contribution in [2.45, 2.75) is 13.8 Å². The van der Waals surface area contributed by atoms with Crippen molar-refractivity contribution in [2.75, 3.05) is 13.1 Å². The lowest BCUT2D eigenvalue weighted by molar-refractivity contribution is 0.0773. The second-order valence-electron chi connectivity index (χ2n) is 3.31. The fraction of sp³-hybridized carbons (Fsp3) is 0.308. The van der Waals surface area contributed by atoms with Crippen LogP contribution in [0.2, 0.25) is 0 Å². The van der Waals surface area contributed by atoms with Crippen LogP contribution in [0.3, 0.4) is 0 Å². The molecule has 0 unspecified atom stereocenters. The Hall–Kier alpha value is -1.57. The fourth-order valence-corrected chi connectivity index (χ4v) is 1.49. The van der Waals surface area contributed by atoms with E-state index in [9.17, 15) is 4.79 Å². The van der Waals surface area contributed by atoms with Crippen LogP contribution in [0.1, 0.15) is 29.8 Å². The van der Waals surface area contributed by atoms with Crippen LogP contribution in [0, 0.1) is 0 Å². The van der Waals surface area contributed by atoms with Crippen molar-refractivity contribution in [1.29, 1.82) is 0 Å². The van der Waals surface area contributed by atoms with E-state index >= 15 is 0 Å². The molecule has 0 aliphatic carbocycles. The zero-order valence-electron chi connectivity index (χ0n) is 9.36. The molecule has 0 saturated carbocycles. The Kier molecular flexibility index (Phi) is 4.10. The van der Waals surface area contributed by atoms with Crippen molar-refractivity contribution in [3.8, 4) is 0 Å². The van der Waals surface area contributed by atoms with Gasteiger partial charge in [-0.25, -0.2) is 0 Å². The SMILES string of the molecule is C=Cc1cccc(C(=O)N(CC)CC)c1. The molecule has 0 heterocycles. The first-order valence-corrected chi connectivity index (χ1v) is 5.24. The van der Waals surface area contributed by atoms with Gasteiger partial charge in [-0.1, -0.05) is 24.8 Å². The number of rotatable bonds is 4. The third-order valence-corrected chi connectivity index (χ3v) is 2.42. The van der Waals surface area contributed by atoms with Crippen LogP contribution >= 0.6 is 0 Å². The smallest absolute Gasteiger partial charge is 0.253 e. The summed E-state index contributed by atoms with van der Waals surface area (Å²) in [5.74, 6) is 0.0868. The minimum Gasteiger partial charge on any atom is -0.339 e. The van der Waals surface area contributed by atoms with Gasteiger partial charge in [-0.15, -0.1) is 0 Å². The van der Waals surface area contributed by atoms with Crippen molar-refractivity contribution in [2.24, 2.45) is 0 Å². The minimum absolute atomic E-state index is 0.0868. The lowest BCUT2D eigenvalue weighted by Gasteiger charge is -2.18. The molecule has 0 aliphatic heterocycles. The molecule has 15 heavy (non-hydrogen) atoms. The molecule has 0 aliphatic rings. The van der Waals surface area contributed by atoms with Crippen LogP contribution < -0.4 is 0 Å². The quantitative estimate of drug-likeness (QED) is 0.737. The summed E-state index contributed by atoms with van der Waals surface area (Å²) < 4.78 is 0. The number of hydrogen-bond acceptors (Lipinski definition) is 1. The predicted octanol–water partition coefficient (Wildman–Crippen LogP) is 2.81. The molecule has 0 aromatic heterocycles. The van der Waals surface area contributed by atoms with Crippen LogP contribution in [0.5, 0.6) is 0 Å². The van der Waals surface area contributed by atoms with Gasteiger partial charge in [0, 0.05) is 18.7 Å². The standard InChI is InChI=1S/C13H17NO/c1-4-11-8-7-9-12(10-11)13(15)14(5-2)6-3/h4,7-10H,1,5-6H2,2-3H3. The maximum atomic E-state index is 12.0. The van der Waals surface area contributed by atoms with Gasteiger partial charge >= 0.3 is 0 Å². The molecule has 0 bridgehead atoms. The van der Waals surface area contributed by atoms with Crippen LogP contribution in [0.25, 0.3) is 6.08 Å². The Balaban J connectivity index is 2.94. The molecule has 80 valence electrons. The van der Waals surface area contributed by atoms with Gasteiger partial charge in [0.15, 0.2) is 0 Å². The average molecular weight is 203 g/mol. The normalized spacial score (nSPS) is 9.73. The molecule has 0 saturated heterocycles. The van der Waals surface area contributed by atoms with E-state index in [1.165, 1.54) is 0 Å². The third-order valence-electron chi connectivity index (χ3n) is 2.42. The second-order valence-corrected chi connectivity index (χ2v) is 3.31. The van der Waals surface area contributed by atoms with E-state index in [-0.39, 0.29) is 5.91 Å². The van der Waals surface area contributed by atoms with Gasteiger partial charge in [-0.05, 0) is 31.5 Å². The summed E-state index contributed by atoms with van der Waals surface area (Å²) in [6, 6.07) is 7.53. The van der Waals surface area contributed by atoms with E-state index in [2.05, 4.69) is 6.58 Å². The Bertz CT molecular complexity index is 353. The summed E-state index contributed by atoms with van der Waals surface area (Å²) in [5, 5.41) is 0. The van der Waals surface area contributed by atoms with Crippen LogP contribution in [0.15, 0.2) is 30.8 Å². The van der Waals surface area contributed by atoms with E-state index in [4.69, 9.17) is 0 Å². The Morgan fingerprint density at radius 2 is 2.07 bits per heavy atom. The molecule has 1 aromatic rings. The highest BCUT2D eigenvalue weighted by atomic mass is 16.2. The lowest BCUT2D eigenvalue weighted by Crippen LogP contribution is -2.30. The maximum absolute atomic E-state index is 12.0. The van der Waals surface area contributed by atoms with E-state index in [0.29, 0.717) is 0 Å². The van der Waals surface area contributed by atoms with Crippen molar-refractivity contribution in [3.05, 3.63) is 42.0 Å². The molecule has 0 N–H and O–H groups in total. The summed E-state index contributed by atoms with van der Waals surface area (Å²) in [5.41, 5.74) is 1.71. The van der Waals surface area contributed by atoms with Crippen molar-refractivity contribution >= 4 is 12.0 Å². The van der Waals surface area contributed by atoms with Crippen molar-refractivity contribution in [3.63, 3.8) is 0 Å². The number of nitrogens with zero attached hydrogens (tertiary/aromatic N) is 1. The van der Waals surface area contributed by atoms with Crippen molar-refractivity contribution < 1.29 is 4.79 Å². The summed E-state index contributed by atoms with van der Waals surface area (Å²) in [6.07, 6.45) is 1.75. The molecular formula is C13H17NO. The monoisotopic (exact) mass is 203 g/mol. The summed E-state index contributed by atoms with van der Waals surface area (Å²) >= 11 is 0.